The SMILES string of the molecule is NC(=S)CNC(=O)C(=O)Nc1cc(Br)ccc1F. The first-order chi connectivity index (χ1) is 8.40. The Labute approximate surface area is 116 Å². The fraction of sp³-hybridized carbons (Fsp3) is 0.100. The van der Waals surface area contributed by atoms with Crippen LogP contribution in [0.3, 0.4) is 0 Å². The van der Waals surface area contributed by atoms with E-state index in [1.165, 1.54) is 12.1 Å². The van der Waals surface area contributed by atoms with E-state index in [1.807, 2.05) is 0 Å². The van der Waals surface area contributed by atoms with Gasteiger partial charge in [0.2, 0.25) is 0 Å². The van der Waals surface area contributed by atoms with Crippen LogP contribution in [0.2, 0.25) is 0 Å². The largest absolute Gasteiger partial charge is 0.392 e. The molecule has 8 heteroatoms. The molecule has 18 heavy (non-hydrogen) atoms. The van der Waals surface area contributed by atoms with Crippen LogP contribution in [0.5, 0.6) is 0 Å². The van der Waals surface area contributed by atoms with Crippen LogP contribution in [0.15, 0.2) is 22.7 Å². The van der Waals surface area contributed by atoms with Crippen LogP contribution in [0.1, 0.15) is 0 Å². The molecule has 4 N–H and O–H groups in total. The Hall–Kier alpha value is -1.54. The molecule has 0 spiro atoms. The van der Waals surface area contributed by atoms with Gasteiger partial charge in [0.25, 0.3) is 0 Å². The van der Waals surface area contributed by atoms with E-state index in [9.17, 15) is 14.0 Å². The van der Waals surface area contributed by atoms with Crippen LogP contribution in [-0.2, 0) is 9.59 Å². The zero-order valence-electron chi connectivity index (χ0n) is 9.00. The van der Waals surface area contributed by atoms with Gasteiger partial charge in [0.15, 0.2) is 0 Å². The van der Waals surface area contributed by atoms with Gasteiger partial charge in [0.1, 0.15) is 5.82 Å². The van der Waals surface area contributed by atoms with Crippen molar-refractivity contribution in [3.63, 3.8) is 0 Å². The van der Waals surface area contributed by atoms with Crippen molar-refractivity contribution in [1.82, 2.24) is 5.32 Å². The van der Waals surface area contributed by atoms with Gasteiger partial charge in [0.05, 0.1) is 17.2 Å². The van der Waals surface area contributed by atoms with Gasteiger partial charge in [-0.2, -0.15) is 0 Å². The molecule has 0 aliphatic rings. The Morgan fingerprint density at radius 3 is 2.67 bits per heavy atom. The minimum Gasteiger partial charge on any atom is -0.392 e. The van der Waals surface area contributed by atoms with Crippen LogP contribution in [0.4, 0.5) is 10.1 Å². The van der Waals surface area contributed by atoms with Gasteiger partial charge in [0, 0.05) is 4.47 Å². The quantitative estimate of drug-likeness (QED) is 0.567. The van der Waals surface area contributed by atoms with Crippen LogP contribution in [-0.4, -0.2) is 23.3 Å². The number of hydrogen-bond donors (Lipinski definition) is 3. The Morgan fingerprint density at radius 1 is 1.39 bits per heavy atom. The summed E-state index contributed by atoms with van der Waals surface area (Å²) in [6.07, 6.45) is 0. The molecule has 1 aromatic rings. The molecule has 0 unspecified atom stereocenters. The Bertz CT molecular complexity index is 510. The summed E-state index contributed by atoms with van der Waals surface area (Å²) in [4.78, 5) is 22.7. The van der Waals surface area contributed by atoms with Gasteiger partial charge in [-0.15, -0.1) is 0 Å². The lowest BCUT2D eigenvalue weighted by atomic mass is 10.3. The summed E-state index contributed by atoms with van der Waals surface area (Å²) in [6.45, 7) is -0.0947. The van der Waals surface area contributed by atoms with Gasteiger partial charge in [-0.25, -0.2) is 4.39 Å². The maximum Gasteiger partial charge on any atom is 0.313 e. The first kappa shape index (κ1) is 14.5. The highest BCUT2D eigenvalue weighted by molar-refractivity contribution is 9.10. The maximum atomic E-state index is 13.3. The van der Waals surface area contributed by atoms with Crippen molar-refractivity contribution in [1.29, 1.82) is 0 Å². The number of nitrogens with two attached hydrogens (primary N) is 1. The minimum atomic E-state index is -0.997. The molecular formula is C10H9BrFN3O2S. The number of anilines is 1. The van der Waals surface area contributed by atoms with E-state index in [1.54, 1.807) is 0 Å². The number of benzene rings is 1. The lowest BCUT2D eigenvalue weighted by Crippen LogP contribution is -2.39. The summed E-state index contributed by atoms with van der Waals surface area (Å²) in [5.74, 6) is -2.58. The fourth-order valence-electron chi connectivity index (χ4n) is 1.02. The van der Waals surface area contributed by atoms with Gasteiger partial charge >= 0.3 is 11.8 Å². The molecule has 0 aliphatic carbocycles. The third kappa shape index (κ3) is 4.38. The van der Waals surface area contributed by atoms with Crippen LogP contribution >= 0.6 is 28.1 Å². The van der Waals surface area contributed by atoms with E-state index in [0.29, 0.717) is 4.47 Å². The van der Waals surface area contributed by atoms with Gasteiger partial charge < -0.3 is 16.4 Å². The maximum absolute atomic E-state index is 13.3. The number of rotatable bonds is 3. The monoisotopic (exact) mass is 333 g/mol. The highest BCUT2D eigenvalue weighted by atomic mass is 79.9. The van der Waals surface area contributed by atoms with Gasteiger partial charge in [-0.3, -0.25) is 9.59 Å². The van der Waals surface area contributed by atoms with Crippen molar-refractivity contribution < 1.29 is 14.0 Å². The molecule has 0 aliphatic heterocycles. The standard InChI is InChI=1S/C10H9BrFN3O2S/c11-5-1-2-6(12)7(3-5)15-10(17)9(16)14-4-8(13)18/h1-3H,4H2,(H2,13,18)(H,14,16)(H,15,17). The van der Waals surface area contributed by atoms with Gasteiger partial charge in [-0.05, 0) is 18.2 Å². The van der Waals surface area contributed by atoms with Gasteiger partial charge in [-0.1, -0.05) is 28.1 Å². The molecule has 2 amide bonds. The van der Waals surface area contributed by atoms with Crippen LogP contribution < -0.4 is 16.4 Å². The van der Waals surface area contributed by atoms with Crippen molar-refractivity contribution in [3.8, 4) is 0 Å². The van der Waals surface area contributed by atoms with E-state index in [-0.39, 0.29) is 17.2 Å². The number of thiocarbonyl (C=S) groups is 1. The van der Waals surface area contributed by atoms with Crippen LogP contribution in [0.25, 0.3) is 0 Å². The molecule has 0 heterocycles. The van der Waals surface area contributed by atoms with E-state index in [4.69, 9.17) is 5.73 Å². The second kappa shape index (κ2) is 6.41. The molecule has 0 aromatic heterocycles. The summed E-state index contributed by atoms with van der Waals surface area (Å²) in [5, 5.41) is 4.32. The van der Waals surface area contributed by atoms with Crippen molar-refractivity contribution in [2.75, 3.05) is 11.9 Å². The molecule has 1 rings (SSSR count). The van der Waals surface area contributed by atoms with Crippen molar-refractivity contribution in [3.05, 3.63) is 28.5 Å². The van der Waals surface area contributed by atoms with Crippen LogP contribution in [0, 0.1) is 5.82 Å². The lowest BCUT2D eigenvalue weighted by molar-refractivity contribution is -0.135. The molecule has 0 saturated heterocycles. The average molecular weight is 334 g/mol. The number of nitrogens with one attached hydrogen (secondary N) is 2. The van der Waals surface area contributed by atoms with Crippen molar-refractivity contribution >= 4 is 50.6 Å². The molecule has 0 bridgehead atoms. The first-order valence-corrected chi connectivity index (χ1v) is 5.93. The second-order valence-corrected chi connectivity index (χ2v) is 4.67. The normalized spacial score (nSPS) is 9.67. The predicted octanol–water partition coefficient (Wildman–Crippen LogP) is 0.929. The summed E-state index contributed by atoms with van der Waals surface area (Å²) >= 11 is 7.65. The molecule has 0 radical (unpaired) electrons. The predicted molar refractivity (Wildman–Crippen MR) is 72.5 cm³/mol. The lowest BCUT2D eigenvalue weighted by Gasteiger charge is -2.07. The average Bonchev–Trinajstić information content (AvgIpc) is 2.30. The number of amides is 2. The smallest absolute Gasteiger partial charge is 0.313 e. The number of halogens is 2. The Balaban J connectivity index is 2.66. The third-order valence-electron chi connectivity index (χ3n) is 1.81. The Morgan fingerprint density at radius 2 is 2.06 bits per heavy atom. The van der Waals surface area contributed by atoms with E-state index in [2.05, 4.69) is 38.8 Å². The molecule has 5 nitrogen and oxygen atoms in total. The molecule has 96 valence electrons. The fourth-order valence-corrected chi connectivity index (χ4v) is 1.45. The third-order valence-corrected chi connectivity index (χ3v) is 2.44. The van der Waals surface area contributed by atoms with Crippen molar-refractivity contribution in [2.24, 2.45) is 5.73 Å². The zero-order valence-corrected chi connectivity index (χ0v) is 11.4. The minimum absolute atomic E-state index is 0.0461. The topological polar surface area (TPSA) is 84.2 Å². The molecule has 0 fully saturated rings. The highest BCUT2D eigenvalue weighted by Gasteiger charge is 2.15. The van der Waals surface area contributed by atoms with Crippen molar-refractivity contribution in [2.45, 2.75) is 0 Å². The molecule has 0 atom stereocenters. The summed E-state index contributed by atoms with van der Waals surface area (Å²) < 4.78 is 13.9. The Kier molecular flexibility index (Phi) is 5.17. The summed E-state index contributed by atoms with van der Waals surface area (Å²) in [5.41, 5.74) is 5.06. The summed E-state index contributed by atoms with van der Waals surface area (Å²) in [7, 11) is 0. The number of hydrogen-bond acceptors (Lipinski definition) is 3. The zero-order chi connectivity index (χ0) is 13.7. The second-order valence-electron chi connectivity index (χ2n) is 3.23. The van der Waals surface area contributed by atoms with E-state index in [0.717, 1.165) is 6.07 Å². The molecular weight excluding hydrogens is 325 g/mol. The first-order valence-electron chi connectivity index (χ1n) is 4.72. The molecule has 0 saturated carbocycles. The number of carbonyl (C=O) groups is 2. The number of carbonyl (C=O) groups excluding carboxylic acids is 2. The highest BCUT2D eigenvalue weighted by Crippen LogP contribution is 2.19. The van der Waals surface area contributed by atoms with E-state index < -0.39 is 17.6 Å². The van der Waals surface area contributed by atoms with E-state index >= 15 is 0 Å². The summed E-state index contributed by atoms with van der Waals surface area (Å²) in [6, 6.07) is 3.97. The molecule has 1 aromatic carbocycles.